The summed E-state index contributed by atoms with van der Waals surface area (Å²) in [4.78, 5) is 0. The number of rotatable bonds is 2. The Balaban J connectivity index is 0.00000192. The summed E-state index contributed by atoms with van der Waals surface area (Å²) >= 11 is 0. The van der Waals surface area contributed by atoms with Crippen LogP contribution in [0, 0.1) is 5.82 Å². The third-order valence-corrected chi connectivity index (χ3v) is 3.54. The Labute approximate surface area is 134 Å². The molecule has 0 spiro atoms. The molecule has 1 aromatic heterocycles. The number of alkyl halides is 3. The Hall–Kier alpha value is -1.71. The lowest BCUT2D eigenvalue weighted by atomic mass is 10.0. The van der Waals surface area contributed by atoms with Gasteiger partial charge in [0.15, 0.2) is 5.82 Å². The quantitative estimate of drug-likeness (QED) is 0.814. The van der Waals surface area contributed by atoms with E-state index in [2.05, 4.69) is 15.5 Å². The molecule has 5 nitrogen and oxygen atoms in total. The minimum absolute atomic E-state index is 0. The average molecular weight is 353 g/mol. The largest absolute Gasteiger partial charge is 0.451 e. The van der Waals surface area contributed by atoms with Crippen LogP contribution in [-0.2, 0) is 12.7 Å². The van der Waals surface area contributed by atoms with E-state index in [1.165, 1.54) is 24.3 Å². The number of aromatic nitrogens is 3. The first-order valence-corrected chi connectivity index (χ1v) is 6.55. The molecule has 1 aliphatic heterocycles. The molecular formula is C13H13ClF4N4O. The lowest BCUT2D eigenvalue weighted by Crippen LogP contribution is -2.38. The number of aliphatic hydroxyl groups excluding tert-OH is 1. The van der Waals surface area contributed by atoms with Gasteiger partial charge in [-0.1, -0.05) is 12.1 Å². The van der Waals surface area contributed by atoms with Gasteiger partial charge in [-0.25, -0.2) is 4.39 Å². The maximum absolute atomic E-state index is 12.9. The second kappa shape index (κ2) is 6.42. The molecule has 1 aliphatic rings. The molecule has 126 valence electrons. The smallest absolute Gasteiger partial charge is 0.386 e. The highest BCUT2D eigenvalue weighted by Crippen LogP contribution is 2.34. The van der Waals surface area contributed by atoms with E-state index in [1.807, 2.05) is 0 Å². The van der Waals surface area contributed by atoms with E-state index in [0.717, 1.165) is 4.57 Å². The van der Waals surface area contributed by atoms with Crippen LogP contribution in [0.5, 0.6) is 0 Å². The number of nitrogens with one attached hydrogen (secondary N) is 1. The van der Waals surface area contributed by atoms with Crippen molar-refractivity contribution in [2.75, 3.05) is 6.54 Å². The van der Waals surface area contributed by atoms with Crippen molar-refractivity contribution < 1.29 is 22.7 Å². The highest BCUT2D eigenvalue weighted by atomic mass is 35.5. The minimum atomic E-state index is -4.60. The van der Waals surface area contributed by atoms with Crippen LogP contribution in [-0.4, -0.2) is 26.4 Å². The lowest BCUT2D eigenvalue weighted by molar-refractivity contribution is -0.147. The molecule has 0 saturated heterocycles. The van der Waals surface area contributed by atoms with Gasteiger partial charge in [0.25, 0.3) is 0 Å². The van der Waals surface area contributed by atoms with Crippen LogP contribution in [0.3, 0.4) is 0 Å². The summed E-state index contributed by atoms with van der Waals surface area (Å²) in [5.74, 6) is -1.54. The number of hydrogen-bond donors (Lipinski definition) is 2. The molecule has 1 aromatic carbocycles. The van der Waals surface area contributed by atoms with Crippen LogP contribution in [0.15, 0.2) is 24.3 Å². The Bertz CT molecular complexity index is 674. The summed E-state index contributed by atoms with van der Waals surface area (Å²) in [6.07, 6.45) is -5.77. The van der Waals surface area contributed by atoms with Gasteiger partial charge in [0.1, 0.15) is 11.9 Å². The van der Waals surface area contributed by atoms with Crippen LogP contribution >= 0.6 is 12.4 Å². The maximum atomic E-state index is 12.9. The fourth-order valence-electron chi connectivity index (χ4n) is 2.50. The second-order valence-electron chi connectivity index (χ2n) is 4.96. The van der Waals surface area contributed by atoms with Crippen LogP contribution < -0.4 is 5.32 Å². The van der Waals surface area contributed by atoms with Gasteiger partial charge in [-0.05, 0) is 17.7 Å². The second-order valence-corrected chi connectivity index (χ2v) is 4.96. The standard InChI is InChI=1S/C13H12F4N4O.ClH/c14-8-3-1-7(2-4-8)10(22)9-11-19-20-12(13(15,16)17)21(11)6-5-18-9;/h1-4,9-10,18,22H,5-6H2;1H. The number of aliphatic hydroxyl groups is 1. The number of fused-ring (bicyclic) bond motifs is 1. The highest BCUT2D eigenvalue weighted by Gasteiger charge is 2.41. The fourth-order valence-corrected chi connectivity index (χ4v) is 2.50. The molecular weight excluding hydrogens is 340 g/mol. The molecule has 2 N–H and O–H groups in total. The Morgan fingerprint density at radius 2 is 1.87 bits per heavy atom. The van der Waals surface area contributed by atoms with Crippen molar-refractivity contribution in [2.45, 2.75) is 24.9 Å². The zero-order valence-electron chi connectivity index (χ0n) is 11.6. The molecule has 2 heterocycles. The summed E-state index contributed by atoms with van der Waals surface area (Å²) in [6, 6.07) is 4.26. The predicted molar refractivity (Wildman–Crippen MR) is 74.4 cm³/mol. The van der Waals surface area contributed by atoms with Gasteiger partial charge in [-0.15, -0.1) is 22.6 Å². The maximum Gasteiger partial charge on any atom is 0.451 e. The molecule has 0 saturated carbocycles. The van der Waals surface area contributed by atoms with E-state index in [-0.39, 0.29) is 31.3 Å². The summed E-state index contributed by atoms with van der Waals surface area (Å²) in [5.41, 5.74) is 0.379. The Kier molecular flexibility index (Phi) is 4.92. The van der Waals surface area contributed by atoms with E-state index in [0.29, 0.717) is 5.56 Å². The lowest BCUT2D eigenvalue weighted by Gasteiger charge is -2.29. The van der Waals surface area contributed by atoms with E-state index >= 15 is 0 Å². The van der Waals surface area contributed by atoms with Gasteiger partial charge in [0.2, 0.25) is 5.82 Å². The van der Waals surface area contributed by atoms with Gasteiger partial charge in [-0.2, -0.15) is 13.2 Å². The van der Waals surface area contributed by atoms with Crippen molar-refractivity contribution in [3.8, 4) is 0 Å². The first-order valence-electron chi connectivity index (χ1n) is 6.55. The van der Waals surface area contributed by atoms with E-state index in [4.69, 9.17) is 0 Å². The van der Waals surface area contributed by atoms with Crippen LogP contribution in [0.1, 0.15) is 29.4 Å². The van der Waals surface area contributed by atoms with Gasteiger partial charge in [0.05, 0.1) is 6.04 Å². The highest BCUT2D eigenvalue weighted by molar-refractivity contribution is 5.85. The number of benzene rings is 1. The van der Waals surface area contributed by atoms with E-state index in [9.17, 15) is 22.7 Å². The molecule has 2 atom stereocenters. The van der Waals surface area contributed by atoms with Crippen molar-refractivity contribution in [3.63, 3.8) is 0 Å². The number of nitrogens with zero attached hydrogens (tertiary/aromatic N) is 3. The van der Waals surface area contributed by atoms with Crippen molar-refractivity contribution in [2.24, 2.45) is 0 Å². The molecule has 3 rings (SSSR count). The first-order chi connectivity index (χ1) is 10.4. The SMILES string of the molecule is Cl.OC(c1ccc(F)cc1)C1NCCn2c1nnc2C(F)(F)F. The van der Waals surface area contributed by atoms with Gasteiger partial charge < -0.3 is 15.0 Å². The predicted octanol–water partition coefficient (Wildman–Crippen LogP) is 2.24. The average Bonchev–Trinajstić information content (AvgIpc) is 2.91. The number of halogens is 5. The van der Waals surface area contributed by atoms with Crippen LogP contribution in [0.25, 0.3) is 0 Å². The van der Waals surface area contributed by atoms with E-state index < -0.39 is 30.0 Å². The third-order valence-electron chi connectivity index (χ3n) is 3.54. The minimum Gasteiger partial charge on any atom is -0.386 e. The molecule has 0 amide bonds. The monoisotopic (exact) mass is 352 g/mol. The van der Waals surface area contributed by atoms with Crippen molar-refractivity contribution in [1.82, 2.24) is 20.1 Å². The summed E-state index contributed by atoms with van der Waals surface area (Å²) in [5, 5.41) is 20.0. The Morgan fingerprint density at radius 1 is 1.22 bits per heavy atom. The summed E-state index contributed by atoms with van der Waals surface area (Å²) in [6.45, 7) is 0.293. The van der Waals surface area contributed by atoms with Crippen LogP contribution in [0.4, 0.5) is 17.6 Å². The molecule has 0 radical (unpaired) electrons. The molecule has 2 unspecified atom stereocenters. The third kappa shape index (κ3) is 3.31. The van der Waals surface area contributed by atoms with E-state index in [1.54, 1.807) is 0 Å². The summed E-state index contributed by atoms with van der Waals surface area (Å²) in [7, 11) is 0. The van der Waals surface area contributed by atoms with Crippen molar-refractivity contribution >= 4 is 12.4 Å². The number of hydrogen-bond acceptors (Lipinski definition) is 4. The summed E-state index contributed by atoms with van der Waals surface area (Å²) < 4.78 is 52.4. The first kappa shape index (κ1) is 17.6. The zero-order chi connectivity index (χ0) is 15.9. The van der Waals surface area contributed by atoms with Gasteiger partial charge >= 0.3 is 6.18 Å². The zero-order valence-corrected chi connectivity index (χ0v) is 12.4. The molecule has 10 heteroatoms. The normalized spacial score (nSPS) is 18.9. The van der Waals surface area contributed by atoms with Crippen molar-refractivity contribution in [1.29, 1.82) is 0 Å². The van der Waals surface area contributed by atoms with Crippen LogP contribution in [0.2, 0.25) is 0 Å². The Morgan fingerprint density at radius 3 is 2.48 bits per heavy atom. The molecule has 0 aliphatic carbocycles. The van der Waals surface area contributed by atoms with Gasteiger partial charge in [0, 0.05) is 13.1 Å². The molecule has 23 heavy (non-hydrogen) atoms. The fraction of sp³-hybridized carbons (Fsp3) is 0.385. The van der Waals surface area contributed by atoms with Crippen molar-refractivity contribution in [3.05, 3.63) is 47.3 Å². The topological polar surface area (TPSA) is 63.0 Å². The molecule has 0 fully saturated rings. The van der Waals surface area contributed by atoms with Gasteiger partial charge in [-0.3, -0.25) is 0 Å². The molecule has 2 aromatic rings. The molecule has 0 bridgehead atoms.